The molecule has 2 rings (SSSR count). The Labute approximate surface area is 143 Å². The lowest BCUT2D eigenvalue weighted by molar-refractivity contribution is 0.675. The summed E-state index contributed by atoms with van der Waals surface area (Å²) in [6.07, 6.45) is 4.24. The molecule has 0 unspecified atom stereocenters. The molecule has 0 aliphatic heterocycles. The summed E-state index contributed by atoms with van der Waals surface area (Å²) in [6, 6.07) is 20.6. The molecule has 0 saturated heterocycles. The second-order valence-electron chi connectivity index (χ2n) is 5.11. The summed E-state index contributed by atoms with van der Waals surface area (Å²) in [6.45, 7) is 7.33. The molecule has 0 saturated carbocycles. The molecular formula is C20H30N2O. The molecule has 0 aromatic heterocycles. The van der Waals surface area contributed by atoms with E-state index in [0.717, 1.165) is 26.1 Å². The van der Waals surface area contributed by atoms with Crippen molar-refractivity contribution in [1.82, 2.24) is 5.32 Å². The molecule has 0 bridgehead atoms. The first-order valence-electron chi connectivity index (χ1n) is 8.98. The van der Waals surface area contributed by atoms with Gasteiger partial charge in [0.05, 0.1) is 0 Å². The van der Waals surface area contributed by atoms with E-state index in [1.165, 1.54) is 17.5 Å². The molecule has 3 N–H and O–H groups in total. The van der Waals surface area contributed by atoms with Crippen LogP contribution in [0.3, 0.4) is 0 Å². The number of rotatable bonds is 7. The first-order valence-corrected chi connectivity index (χ1v) is 8.16. The number of nitrogens with zero attached hydrogens (tertiary/aromatic N) is 1. The summed E-state index contributed by atoms with van der Waals surface area (Å²) in [5.41, 5.74) is 5.29. The van der Waals surface area contributed by atoms with E-state index in [2.05, 4.69) is 66.0 Å². The topological polar surface area (TPSA) is 55.9 Å². The molecule has 0 heterocycles. The van der Waals surface area contributed by atoms with Crippen molar-refractivity contribution in [2.24, 2.45) is 4.99 Å². The van der Waals surface area contributed by atoms with Gasteiger partial charge in [0.15, 0.2) is 0 Å². The summed E-state index contributed by atoms with van der Waals surface area (Å²) in [4.78, 5) is 4.24. The molecule has 0 aliphatic rings. The molecule has 0 fully saturated rings. The Kier molecular flexibility index (Phi) is 11.3. The van der Waals surface area contributed by atoms with Gasteiger partial charge in [-0.25, -0.2) is 0 Å². The third-order valence-electron chi connectivity index (χ3n) is 2.99. The van der Waals surface area contributed by atoms with Crippen LogP contribution in [-0.4, -0.2) is 27.6 Å². The molecule has 126 valence electrons. The van der Waals surface area contributed by atoms with Crippen molar-refractivity contribution >= 4 is 6.21 Å². The van der Waals surface area contributed by atoms with Gasteiger partial charge in [-0.05, 0) is 30.5 Å². The van der Waals surface area contributed by atoms with Gasteiger partial charge in [-0.1, -0.05) is 74.5 Å². The van der Waals surface area contributed by atoms with Crippen molar-refractivity contribution in [2.75, 3.05) is 13.1 Å². The second kappa shape index (κ2) is 14.9. The lowest BCUT2D eigenvalue weighted by Gasteiger charge is -2.01. The lowest BCUT2D eigenvalue weighted by atomic mass is 10.2. The Morgan fingerprint density at radius 1 is 1.00 bits per heavy atom. The molecule has 2 aromatic carbocycles. The summed E-state index contributed by atoms with van der Waals surface area (Å²) in [7, 11) is 0. The molecule has 2 aromatic rings. The van der Waals surface area contributed by atoms with E-state index in [9.17, 15) is 0 Å². The van der Waals surface area contributed by atoms with Crippen molar-refractivity contribution in [3.05, 3.63) is 71.8 Å². The largest absolute Gasteiger partial charge is 0.412 e. The summed E-state index contributed by atoms with van der Waals surface area (Å²) >= 11 is 0. The molecular weight excluding hydrogens is 284 g/mol. The normalized spacial score (nSPS) is 10.7. The Morgan fingerprint density at radius 3 is 2.17 bits per heavy atom. The Bertz CT molecular complexity index is 522. The van der Waals surface area contributed by atoms with E-state index in [1.807, 2.05) is 30.5 Å². The van der Waals surface area contributed by atoms with Crippen molar-refractivity contribution in [3.63, 3.8) is 0 Å². The van der Waals surface area contributed by atoms with Gasteiger partial charge in [0.1, 0.15) is 0 Å². The zero-order valence-corrected chi connectivity index (χ0v) is 14.2. The zero-order chi connectivity index (χ0) is 18.6. The standard InChI is InChI=1S/C10H15N.C10H13N.H2O/c2*1-2-8-11-9-10-6-4-3-5-7-10;/h3-7,11H,2,8-9H2,1H3;3-7,9H,2,8H2,1H3;1H2/i/hD2. The van der Waals surface area contributed by atoms with E-state index in [-0.39, 0.29) is 0 Å². The molecule has 0 spiro atoms. The molecule has 0 atom stereocenters. The minimum Gasteiger partial charge on any atom is -0.412 e. The van der Waals surface area contributed by atoms with Gasteiger partial charge in [-0.3, -0.25) is 4.99 Å². The quantitative estimate of drug-likeness (QED) is 0.611. The third-order valence-corrected chi connectivity index (χ3v) is 2.99. The highest BCUT2D eigenvalue weighted by molar-refractivity contribution is 5.79. The lowest BCUT2D eigenvalue weighted by Crippen LogP contribution is -2.13. The zero-order valence-electron chi connectivity index (χ0n) is 16.2. The fourth-order valence-corrected chi connectivity index (χ4v) is 1.84. The van der Waals surface area contributed by atoms with Gasteiger partial charge in [0, 0.05) is 19.3 Å². The van der Waals surface area contributed by atoms with Crippen LogP contribution in [-0.2, 0) is 6.54 Å². The molecule has 0 amide bonds. The number of hydrogen-bond donors (Lipinski definition) is 1. The highest BCUT2D eigenvalue weighted by atomic mass is 16.0. The molecule has 0 aliphatic carbocycles. The van der Waals surface area contributed by atoms with E-state index in [4.69, 9.17) is 2.86 Å². The van der Waals surface area contributed by atoms with Crippen molar-refractivity contribution in [2.45, 2.75) is 33.2 Å². The highest BCUT2D eigenvalue weighted by Gasteiger charge is 1.87. The van der Waals surface area contributed by atoms with Crippen LogP contribution in [0.15, 0.2) is 65.7 Å². The summed E-state index contributed by atoms with van der Waals surface area (Å²) < 4.78 is 10.8. The average molecular weight is 316 g/mol. The fraction of sp³-hybridized carbons (Fsp3) is 0.350. The average Bonchev–Trinajstić information content (AvgIpc) is 2.65. The monoisotopic (exact) mass is 316 g/mol. The number of benzene rings is 2. The Morgan fingerprint density at radius 2 is 1.61 bits per heavy atom. The minimum absolute atomic E-state index is 0.925. The van der Waals surface area contributed by atoms with Crippen LogP contribution in [0.5, 0.6) is 0 Å². The second-order valence-corrected chi connectivity index (χ2v) is 5.11. The fourth-order valence-electron chi connectivity index (χ4n) is 1.84. The predicted octanol–water partition coefficient (Wildman–Crippen LogP) is 3.88. The Hall–Kier alpha value is -1.97. The van der Waals surface area contributed by atoms with Crippen LogP contribution in [0.4, 0.5) is 0 Å². The van der Waals surface area contributed by atoms with E-state index in [1.54, 1.807) is 0 Å². The van der Waals surface area contributed by atoms with Crippen molar-refractivity contribution in [3.8, 4) is 0 Å². The van der Waals surface area contributed by atoms with E-state index in [0.29, 0.717) is 0 Å². The smallest absolute Gasteiger partial charge is 0.206 e. The van der Waals surface area contributed by atoms with Gasteiger partial charge in [-0.2, -0.15) is 0 Å². The first kappa shape index (κ1) is 17.4. The van der Waals surface area contributed by atoms with Gasteiger partial charge >= 0.3 is 0 Å². The van der Waals surface area contributed by atoms with Crippen LogP contribution < -0.4 is 5.32 Å². The number of aliphatic imine (C=N–C) groups is 1. The van der Waals surface area contributed by atoms with Gasteiger partial charge < -0.3 is 10.8 Å². The van der Waals surface area contributed by atoms with Gasteiger partial charge in [-0.15, -0.1) is 0 Å². The molecule has 3 nitrogen and oxygen atoms in total. The van der Waals surface area contributed by atoms with Crippen LogP contribution in [0.1, 0.15) is 37.8 Å². The van der Waals surface area contributed by atoms with Crippen LogP contribution in [0.25, 0.3) is 0 Å². The minimum atomic E-state index is 0.925. The predicted molar refractivity (Wildman–Crippen MR) is 101 cm³/mol. The molecule has 23 heavy (non-hydrogen) atoms. The maximum atomic E-state index is 5.38. The maximum absolute atomic E-state index is 5.38. The Balaban J connectivity index is 0.000000399. The van der Waals surface area contributed by atoms with Gasteiger partial charge in [0.2, 0.25) is 2.86 Å². The highest BCUT2D eigenvalue weighted by Crippen LogP contribution is 1.96. The third kappa shape index (κ3) is 11.3. The summed E-state index contributed by atoms with van der Waals surface area (Å²) in [5.74, 6) is 0. The number of hydrogen-bond acceptors (Lipinski definition) is 2. The van der Waals surface area contributed by atoms with Crippen molar-refractivity contribution in [1.29, 1.82) is 2.86 Å². The molecule has 0 radical (unpaired) electrons. The SMILES string of the molecule is CCCN=Cc1ccccc1.CCCNCc1ccccc1.[2H]O[2H]. The van der Waals surface area contributed by atoms with E-state index >= 15 is 0 Å². The van der Waals surface area contributed by atoms with Crippen LogP contribution in [0, 0.1) is 0 Å². The van der Waals surface area contributed by atoms with Crippen LogP contribution >= 0.6 is 0 Å². The van der Waals surface area contributed by atoms with Crippen molar-refractivity contribution < 1.29 is 5.48 Å². The van der Waals surface area contributed by atoms with E-state index < -0.39 is 0 Å². The molecule has 3 heteroatoms. The maximum Gasteiger partial charge on any atom is 0.206 e. The number of nitrogens with one attached hydrogen (secondary N) is 1. The first-order chi connectivity index (χ1) is 12.3. The van der Waals surface area contributed by atoms with Gasteiger partial charge in [0.25, 0.3) is 0 Å². The van der Waals surface area contributed by atoms with Crippen LogP contribution in [0.2, 0.25) is 0 Å². The summed E-state index contributed by atoms with van der Waals surface area (Å²) in [5, 5.41) is 3.35.